The average Bonchev–Trinajstić information content (AvgIpc) is 2.88. The predicted octanol–water partition coefficient (Wildman–Crippen LogP) is 3.29. The molecule has 0 radical (unpaired) electrons. The van der Waals surface area contributed by atoms with Crippen LogP contribution in [-0.2, 0) is 6.54 Å². The van der Waals surface area contributed by atoms with Crippen LogP contribution in [0.1, 0.15) is 30.5 Å². The molecule has 0 saturated heterocycles. The van der Waals surface area contributed by atoms with E-state index in [9.17, 15) is 0 Å². The zero-order chi connectivity index (χ0) is 13.8. The van der Waals surface area contributed by atoms with Gasteiger partial charge < -0.3 is 19.2 Å². The highest BCUT2D eigenvalue weighted by molar-refractivity contribution is 5.44. The number of ether oxygens (including phenoxy) is 2. The summed E-state index contributed by atoms with van der Waals surface area (Å²) in [6.07, 6.45) is 4.38. The van der Waals surface area contributed by atoms with Crippen LogP contribution < -0.4 is 14.8 Å². The van der Waals surface area contributed by atoms with Gasteiger partial charge in [-0.15, -0.1) is 0 Å². The molecule has 0 amide bonds. The Bertz CT molecular complexity index is 551. The second-order valence-corrected chi connectivity index (χ2v) is 4.99. The first kappa shape index (κ1) is 13.1. The molecule has 4 heteroatoms. The summed E-state index contributed by atoms with van der Waals surface area (Å²) in [5, 5.41) is 3.47. The van der Waals surface area contributed by atoms with Gasteiger partial charge in [-0.05, 0) is 30.7 Å². The maximum absolute atomic E-state index is 5.72. The third-order valence-electron chi connectivity index (χ3n) is 3.46. The fraction of sp³-hybridized carbons (Fsp3) is 0.375. The number of rotatable bonds is 4. The van der Waals surface area contributed by atoms with Gasteiger partial charge in [0.05, 0.1) is 25.7 Å². The van der Waals surface area contributed by atoms with Gasteiger partial charge in [0.25, 0.3) is 0 Å². The molecule has 3 rings (SSSR count). The molecule has 1 unspecified atom stereocenters. The Labute approximate surface area is 118 Å². The Hall–Kier alpha value is -1.94. The van der Waals surface area contributed by atoms with Crippen LogP contribution in [0.5, 0.6) is 11.5 Å². The SMILES string of the molecule is CC(NCc1ccoc1)c1ccc2c(c1)OCCCO2. The maximum Gasteiger partial charge on any atom is 0.161 e. The first-order valence-electron chi connectivity index (χ1n) is 6.97. The number of hydrogen-bond acceptors (Lipinski definition) is 4. The molecule has 20 heavy (non-hydrogen) atoms. The fourth-order valence-electron chi connectivity index (χ4n) is 2.23. The van der Waals surface area contributed by atoms with Crippen LogP contribution in [0.15, 0.2) is 41.2 Å². The van der Waals surface area contributed by atoms with E-state index < -0.39 is 0 Å². The standard InChI is InChI=1S/C16H19NO3/c1-12(17-10-13-5-8-18-11-13)14-3-4-15-16(9-14)20-7-2-6-19-15/h3-5,8-9,11-12,17H,2,6-7,10H2,1H3. The quantitative estimate of drug-likeness (QED) is 0.928. The van der Waals surface area contributed by atoms with E-state index in [2.05, 4.69) is 24.4 Å². The van der Waals surface area contributed by atoms with E-state index in [-0.39, 0.29) is 6.04 Å². The van der Waals surface area contributed by atoms with Crippen LogP contribution >= 0.6 is 0 Å². The summed E-state index contributed by atoms with van der Waals surface area (Å²) in [7, 11) is 0. The summed E-state index contributed by atoms with van der Waals surface area (Å²) < 4.78 is 16.4. The summed E-state index contributed by atoms with van der Waals surface area (Å²) in [5.41, 5.74) is 2.34. The van der Waals surface area contributed by atoms with Crippen LogP contribution in [-0.4, -0.2) is 13.2 Å². The van der Waals surface area contributed by atoms with Gasteiger partial charge in [0.2, 0.25) is 0 Å². The lowest BCUT2D eigenvalue weighted by molar-refractivity contribution is 0.297. The van der Waals surface area contributed by atoms with Gasteiger partial charge in [-0.25, -0.2) is 0 Å². The smallest absolute Gasteiger partial charge is 0.161 e. The molecule has 1 aromatic carbocycles. The zero-order valence-electron chi connectivity index (χ0n) is 11.6. The summed E-state index contributed by atoms with van der Waals surface area (Å²) in [6.45, 7) is 4.36. The van der Waals surface area contributed by atoms with Crippen molar-refractivity contribution in [2.75, 3.05) is 13.2 Å². The monoisotopic (exact) mass is 273 g/mol. The van der Waals surface area contributed by atoms with Gasteiger partial charge in [-0.1, -0.05) is 6.07 Å². The number of nitrogens with one attached hydrogen (secondary N) is 1. The second-order valence-electron chi connectivity index (χ2n) is 4.99. The minimum absolute atomic E-state index is 0.238. The van der Waals surface area contributed by atoms with E-state index in [1.807, 2.05) is 12.1 Å². The van der Waals surface area contributed by atoms with Crippen molar-refractivity contribution >= 4 is 0 Å². The Balaban J connectivity index is 1.68. The summed E-state index contributed by atoms with van der Waals surface area (Å²) in [5.74, 6) is 1.69. The van der Waals surface area contributed by atoms with E-state index in [1.54, 1.807) is 12.5 Å². The molecule has 1 N–H and O–H groups in total. The van der Waals surface area contributed by atoms with E-state index in [0.29, 0.717) is 6.61 Å². The topological polar surface area (TPSA) is 43.6 Å². The molecular formula is C16H19NO3. The van der Waals surface area contributed by atoms with Crippen LogP contribution in [0, 0.1) is 0 Å². The third-order valence-corrected chi connectivity index (χ3v) is 3.46. The van der Waals surface area contributed by atoms with Crippen molar-refractivity contribution in [3.05, 3.63) is 47.9 Å². The molecule has 0 saturated carbocycles. The molecule has 4 nitrogen and oxygen atoms in total. The Kier molecular flexibility index (Phi) is 3.92. The van der Waals surface area contributed by atoms with E-state index >= 15 is 0 Å². The fourth-order valence-corrected chi connectivity index (χ4v) is 2.23. The van der Waals surface area contributed by atoms with Crippen molar-refractivity contribution in [2.45, 2.75) is 25.9 Å². The second kappa shape index (κ2) is 6.01. The molecular weight excluding hydrogens is 254 g/mol. The molecule has 1 aromatic heterocycles. The molecule has 1 atom stereocenters. The molecule has 1 aliphatic heterocycles. The minimum Gasteiger partial charge on any atom is -0.490 e. The van der Waals surface area contributed by atoms with Crippen molar-refractivity contribution in [1.29, 1.82) is 0 Å². The molecule has 2 aromatic rings. The molecule has 0 fully saturated rings. The summed E-state index contributed by atoms with van der Waals surface area (Å²) in [6, 6.07) is 8.34. The van der Waals surface area contributed by atoms with Crippen molar-refractivity contribution in [3.8, 4) is 11.5 Å². The van der Waals surface area contributed by atoms with E-state index in [4.69, 9.17) is 13.9 Å². The average molecular weight is 273 g/mol. The molecule has 2 heterocycles. The lowest BCUT2D eigenvalue weighted by Crippen LogP contribution is -2.17. The van der Waals surface area contributed by atoms with Crippen LogP contribution in [0.2, 0.25) is 0 Å². The van der Waals surface area contributed by atoms with Gasteiger partial charge >= 0.3 is 0 Å². The molecule has 106 valence electrons. The number of furan rings is 1. The van der Waals surface area contributed by atoms with E-state index in [1.165, 1.54) is 5.56 Å². The van der Waals surface area contributed by atoms with Crippen LogP contribution in [0.25, 0.3) is 0 Å². The van der Waals surface area contributed by atoms with E-state index in [0.717, 1.165) is 36.6 Å². The van der Waals surface area contributed by atoms with Crippen molar-refractivity contribution < 1.29 is 13.9 Å². The largest absolute Gasteiger partial charge is 0.490 e. The van der Waals surface area contributed by atoms with Crippen LogP contribution in [0.3, 0.4) is 0 Å². The van der Waals surface area contributed by atoms with Gasteiger partial charge in [-0.2, -0.15) is 0 Å². The normalized spacial score (nSPS) is 15.7. The highest BCUT2D eigenvalue weighted by atomic mass is 16.5. The summed E-state index contributed by atoms with van der Waals surface area (Å²) in [4.78, 5) is 0. The van der Waals surface area contributed by atoms with Gasteiger partial charge in [0.15, 0.2) is 11.5 Å². The number of hydrogen-bond donors (Lipinski definition) is 1. The van der Waals surface area contributed by atoms with Crippen molar-refractivity contribution in [2.24, 2.45) is 0 Å². The Morgan fingerprint density at radius 3 is 2.80 bits per heavy atom. The molecule has 0 aliphatic carbocycles. The van der Waals surface area contributed by atoms with Crippen molar-refractivity contribution in [3.63, 3.8) is 0 Å². The molecule has 1 aliphatic rings. The zero-order valence-corrected chi connectivity index (χ0v) is 11.6. The summed E-state index contributed by atoms with van der Waals surface area (Å²) >= 11 is 0. The highest BCUT2D eigenvalue weighted by Gasteiger charge is 2.13. The number of fused-ring (bicyclic) bond motifs is 1. The van der Waals surface area contributed by atoms with Crippen LogP contribution in [0.4, 0.5) is 0 Å². The first-order valence-corrected chi connectivity index (χ1v) is 6.97. The Morgan fingerprint density at radius 2 is 2.00 bits per heavy atom. The lowest BCUT2D eigenvalue weighted by Gasteiger charge is -2.16. The van der Waals surface area contributed by atoms with Gasteiger partial charge in [0, 0.05) is 24.6 Å². The minimum atomic E-state index is 0.238. The molecule has 0 bridgehead atoms. The third kappa shape index (κ3) is 2.96. The van der Waals surface area contributed by atoms with Gasteiger partial charge in [0.1, 0.15) is 0 Å². The maximum atomic E-state index is 5.72. The van der Waals surface area contributed by atoms with Crippen molar-refractivity contribution in [1.82, 2.24) is 5.32 Å². The number of benzene rings is 1. The first-order chi connectivity index (χ1) is 9.83. The molecule has 0 spiro atoms. The Morgan fingerprint density at radius 1 is 1.15 bits per heavy atom. The highest BCUT2D eigenvalue weighted by Crippen LogP contribution is 2.32. The predicted molar refractivity (Wildman–Crippen MR) is 76.0 cm³/mol. The lowest BCUT2D eigenvalue weighted by atomic mass is 10.1. The van der Waals surface area contributed by atoms with Gasteiger partial charge in [-0.3, -0.25) is 0 Å².